The normalized spacial score (nSPS) is 23.6. The zero-order valence-corrected chi connectivity index (χ0v) is 14.5. The molecule has 0 saturated carbocycles. The van der Waals surface area contributed by atoms with E-state index in [1.807, 2.05) is 4.90 Å². The van der Waals surface area contributed by atoms with Gasteiger partial charge in [-0.25, -0.2) is 4.98 Å². The molecular weight excluding hydrogens is 326 g/mol. The van der Waals surface area contributed by atoms with Crippen molar-refractivity contribution in [3.8, 4) is 0 Å². The molecule has 0 aromatic carbocycles. The van der Waals surface area contributed by atoms with E-state index in [0.29, 0.717) is 28.7 Å². The van der Waals surface area contributed by atoms with Crippen LogP contribution in [0.5, 0.6) is 0 Å². The fourth-order valence-corrected chi connectivity index (χ4v) is 4.91. The van der Waals surface area contributed by atoms with E-state index in [0.717, 1.165) is 31.6 Å². The highest BCUT2D eigenvalue weighted by Gasteiger charge is 2.32. The predicted molar refractivity (Wildman–Crippen MR) is 92.2 cm³/mol. The van der Waals surface area contributed by atoms with Crippen molar-refractivity contribution < 1.29 is 4.79 Å². The van der Waals surface area contributed by atoms with Gasteiger partial charge in [0.25, 0.3) is 5.56 Å². The second-order valence-electron chi connectivity index (χ2n) is 6.52. The summed E-state index contributed by atoms with van der Waals surface area (Å²) in [7, 11) is 0. The molecule has 2 aliphatic heterocycles. The van der Waals surface area contributed by atoms with Gasteiger partial charge in [0, 0.05) is 24.8 Å². The largest absolute Gasteiger partial charge is 0.340 e. The third-order valence-corrected chi connectivity index (χ3v) is 6.18. The molecule has 2 aromatic rings. The van der Waals surface area contributed by atoms with Crippen LogP contribution in [-0.2, 0) is 4.79 Å². The lowest BCUT2D eigenvalue weighted by molar-refractivity contribution is -0.135. The van der Waals surface area contributed by atoms with Crippen molar-refractivity contribution in [2.45, 2.75) is 56.3 Å². The Morgan fingerprint density at radius 3 is 3.12 bits per heavy atom. The van der Waals surface area contributed by atoms with Crippen LogP contribution in [0.2, 0.25) is 0 Å². The molecule has 8 heteroatoms. The Balaban J connectivity index is 1.59. The average molecular weight is 347 g/mol. The van der Waals surface area contributed by atoms with Crippen molar-refractivity contribution in [3.05, 3.63) is 16.6 Å². The van der Waals surface area contributed by atoms with Crippen molar-refractivity contribution in [1.82, 2.24) is 24.6 Å². The second-order valence-corrected chi connectivity index (χ2v) is 7.50. The SMILES string of the molecule is CCC1CCCCN1C(=O)CC1CSc2nc3[nH]ncc3c(=O)n21. The lowest BCUT2D eigenvalue weighted by atomic mass is 9.99. The predicted octanol–water partition coefficient (Wildman–Crippen LogP) is 1.95. The zero-order chi connectivity index (χ0) is 16.7. The molecule has 4 rings (SSSR count). The summed E-state index contributed by atoms with van der Waals surface area (Å²) in [5.41, 5.74) is 0.421. The maximum atomic E-state index is 12.8. The maximum absolute atomic E-state index is 12.8. The standard InChI is InChI=1S/C16H21N5O2S/c1-2-10-5-3-4-6-20(10)13(22)7-11-9-24-16-18-14-12(8-17-19-14)15(23)21(11)16/h8,10-11H,2-7,9H2,1H3,(H,17,19). The van der Waals surface area contributed by atoms with E-state index in [-0.39, 0.29) is 17.5 Å². The highest BCUT2D eigenvalue weighted by atomic mass is 32.2. The van der Waals surface area contributed by atoms with Crippen LogP contribution < -0.4 is 5.56 Å². The number of likely N-dealkylation sites (tertiary alicyclic amines) is 1. The van der Waals surface area contributed by atoms with Crippen molar-refractivity contribution in [2.24, 2.45) is 0 Å². The molecule has 2 atom stereocenters. The minimum absolute atomic E-state index is 0.0998. The van der Waals surface area contributed by atoms with Gasteiger partial charge in [0.1, 0.15) is 5.39 Å². The summed E-state index contributed by atoms with van der Waals surface area (Å²) in [6.07, 6.45) is 6.26. The Bertz CT molecular complexity index is 829. The van der Waals surface area contributed by atoms with Gasteiger partial charge < -0.3 is 4.90 Å². The summed E-state index contributed by atoms with van der Waals surface area (Å²) in [5, 5.41) is 7.82. The van der Waals surface area contributed by atoms with Gasteiger partial charge >= 0.3 is 0 Å². The molecule has 1 saturated heterocycles. The Morgan fingerprint density at radius 2 is 2.29 bits per heavy atom. The first-order valence-corrected chi connectivity index (χ1v) is 9.55. The van der Waals surface area contributed by atoms with Crippen LogP contribution in [0.1, 0.15) is 45.1 Å². The van der Waals surface area contributed by atoms with Crippen LogP contribution in [0.25, 0.3) is 11.0 Å². The molecule has 0 spiro atoms. The number of carbonyl (C=O) groups is 1. The van der Waals surface area contributed by atoms with Crippen molar-refractivity contribution >= 4 is 28.7 Å². The number of fused-ring (bicyclic) bond motifs is 2. The fourth-order valence-electron chi connectivity index (χ4n) is 3.78. The van der Waals surface area contributed by atoms with Gasteiger partial charge in [0.2, 0.25) is 5.91 Å². The minimum atomic E-state index is -0.115. The molecule has 2 unspecified atom stereocenters. The van der Waals surface area contributed by atoms with Gasteiger partial charge in [0.05, 0.1) is 12.2 Å². The van der Waals surface area contributed by atoms with Gasteiger partial charge in [-0.2, -0.15) is 5.10 Å². The number of H-pyrrole nitrogens is 1. The molecule has 0 aliphatic carbocycles. The summed E-state index contributed by atoms with van der Waals surface area (Å²) >= 11 is 1.54. The molecule has 2 aliphatic rings. The number of piperidine rings is 1. The van der Waals surface area contributed by atoms with Gasteiger partial charge in [-0.15, -0.1) is 0 Å². The number of rotatable bonds is 3. The van der Waals surface area contributed by atoms with E-state index in [1.54, 1.807) is 4.57 Å². The van der Waals surface area contributed by atoms with E-state index in [2.05, 4.69) is 22.1 Å². The van der Waals surface area contributed by atoms with Gasteiger partial charge in [-0.05, 0) is 25.7 Å². The molecular formula is C16H21N5O2S. The van der Waals surface area contributed by atoms with Crippen LogP contribution in [0, 0.1) is 0 Å². The Kier molecular flexibility index (Phi) is 4.07. The quantitative estimate of drug-likeness (QED) is 0.858. The number of carbonyl (C=O) groups excluding carboxylic acids is 1. The highest BCUT2D eigenvalue weighted by molar-refractivity contribution is 7.99. The maximum Gasteiger partial charge on any atom is 0.265 e. The van der Waals surface area contributed by atoms with Crippen LogP contribution in [-0.4, -0.2) is 48.9 Å². The van der Waals surface area contributed by atoms with E-state index in [9.17, 15) is 9.59 Å². The number of nitrogens with zero attached hydrogens (tertiary/aromatic N) is 4. The van der Waals surface area contributed by atoms with Crippen LogP contribution >= 0.6 is 11.8 Å². The lowest BCUT2D eigenvalue weighted by Gasteiger charge is -2.36. The van der Waals surface area contributed by atoms with Crippen LogP contribution in [0.15, 0.2) is 16.1 Å². The third-order valence-electron chi connectivity index (χ3n) is 5.08. The van der Waals surface area contributed by atoms with Crippen molar-refractivity contribution in [3.63, 3.8) is 0 Å². The second kappa shape index (κ2) is 6.23. The molecule has 7 nitrogen and oxygen atoms in total. The number of nitrogens with one attached hydrogen (secondary N) is 1. The Labute approximate surface area is 143 Å². The fraction of sp³-hybridized carbons (Fsp3) is 0.625. The molecule has 24 heavy (non-hydrogen) atoms. The van der Waals surface area contributed by atoms with E-state index < -0.39 is 0 Å². The minimum Gasteiger partial charge on any atom is -0.340 e. The molecule has 0 bridgehead atoms. The van der Waals surface area contributed by atoms with Crippen molar-refractivity contribution in [1.29, 1.82) is 0 Å². The topological polar surface area (TPSA) is 83.9 Å². The molecule has 4 heterocycles. The molecule has 1 amide bonds. The van der Waals surface area contributed by atoms with Crippen LogP contribution in [0.4, 0.5) is 0 Å². The summed E-state index contributed by atoms with van der Waals surface area (Å²) in [5.74, 6) is 0.887. The zero-order valence-electron chi connectivity index (χ0n) is 13.7. The van der Waals surface area contributed by atoms with Gasteiger partial charge in [0.15, 0.2) is 10.8 Å². The highest BCUT2D eigenvalue weighted by Crippen LogP contribution is 2.34. The third kappa shape index (κ3) is 2.53. The van der Waals surface area contributed by atoms with Crippen LogP contribution in [0.3, 0.4) is 0 Å². The summed E-state index contributed by atoms with van der Waals surface area (Å²) in [6.45, 7) is 2.99. The number of aromatic amines is 1. The number of hydrogen-bond acceptors (Lipinski definition) is 5. The number of hydrogen-bond donors (Lipinski definition) is 1. The lowest BCUT2D eigenvalue weighted by Crippen LogP contribution is -2.44. The van der Waals surface area contributed by atoms with Gasteiger partial charge in [-0.3, -0.25) is 19.3 Å². The Hall–Kier alpha value is -1.83. The molecule has 128 valence electrons. The molecule has 1 fully saturated rings. The summed E-state index contributed by atoms with van der Waals surface area (Å²) in [4.78, 5) is 32.0. The van der Waals surface area contributed by atoms with E-state index >= 15 is 0 Å². The summed E-state index contributed by atoms with van der Waals surface area (Å²) in [6, 6.07) is 0.238. The first-order chi connectivity index (χ1) is 11.7. The smallest absolute Gasteiger partial charge is 0.265 e. The first kappa shape index (κ1) is 15.7. The van der Waals surface area contributed by atoms with Gasteiger partial charge in [-0.1, -0.05) is 18.7 Å². The monoisotopic (exact) mass is 347 g/mol. The number of aromatic nitrogens is 4. The molecule has 1 N–H and O–H groups in total. The Morgan fingerprint density at radius 1 is 1.42 bits per heavy atom. The average Bonchev–Trinajstić information content (AvgIpc) is 3.22. The van der Waals surface area contributed by atoms with E-state index in [1.165, 1.54) is 24.4 Å². The molecule has 2 aromatic heterocycles. The molecule has 0 radical (unpaired) electrons. The van der Waals surface area contributed by atoms with Crippen molar-refractivity contribution in [2.75, 3.05) is 12.3 Å². The first-order valence-electron chi connectivity index (χ1n) is 8.57. The number of thioether (sulfide) groups is 1. The summed E-state index contributed by atoms with van der Waals surface area (Å²) < 4.78 is 1.69. The van der Waals surface area contributed by atoms with E-state index in [4.69, 9.17) is 0 Å². The number of amides is 1.